The van der Waals surface area contributed by atoms with E-state index in [-0.39, 0.29) is 17.3 Å². The van der Waals surface area contributed by atoms with Crippen LogP contribution in [-0.4, -0.2) is 17.1 Å². The van der Waals surface area contributed by atoms with Gasteiger partial charge in [-0.1, -0.05) is 0 Å². The van der Waals surface area contributed by atoms with Crippen molar-refractivity contribution < 1.29 is 35.8 Å². The van der Waals surface area contributed by atoms with Gasteiger partial charge in [0, 0.05) is 0 Å². The molecule has 0 saturated heterocycles. The average Bonchev–Trinajstić information content (AvgIpc) is 2.60. The minimum Gasteiger partial charge on any atom is -0.497 e. The van der Waals surface area contributed by atoms with Crippen molar-refractivity contribution in [2.75, 3.05) is 7.11 Å². The smallest absolute Gasteiger partial charge is 0.416 e. The molecule has 4 nitrogen and oxygen atoms in total. The average molecular weight is 388 g/mol. The summed E-state index contributed by atoms with van der Waals surface area (Å²) in [4.78, 5) is 7.78. The Hall–Kier alpha value is -3.04. The summed E-state index contributed by atoms with van der Waals surface area (Å²) in [6.07, 6.45) is -8.87. The first-order valence-electron chi connectivity index (χ1n) is 7.34. The maximum Gasteiger partial charge on any atom is 0.416 e. The van der Waals surface area contributed by atoms with Crippen LogP contribution >= 0.6 is 0 Å². The predicted molar refractivity (Wildman–Crippen MR) is 82.6 cm³/mol. The first-order valence-corrected chi connectivity index (χ1v) is 7.34. The van der Waals surface area contributed by atoms with Crippen LogP contribution in [0.5, 0.6) is 17.4 Å². The number of rotatable bonds is 3. The Morgan fingerprint density at radius 3 is 1.96 bits per heavy atom. The van der Waals surface area contributed by atoms with Crippen molar-refractivity contribution in [3.05, 3.63) is 53.9 Å². The molecule has 0 bridgehead atoms. The molecule has 142 valence electrons. The van der Waals surface area contributed by atoms with E-state index in [1.807, 2.05) is 0 Å². The summed E-state index contributed by atoms with van der Waals surface area (Å²) in [6, 6.07) is 5.57. The summed E-state index contributed by atoms with van der Waals surface area (Å²) in [5, 5.41) is 0.267. The van der Waals surface area contributed by atoms with E-state index in [0.29, 0.717) is 23.4 Å². The summed E-state index contributed by atoms with van der Waals surface area (Å²) in [6.45, 7) is 0. The molecular formula is C17H10F6N2O2. The molecule has 1 heterocycles. The van der Waals surface area contributed by atoms with Gasteiger partial charge < -0.3 is 9.47 Å². The molecule has 0 aliphatic rings. The summed E-state index contributed by atoms with van der Waals surface area (Å²) in [5.41, 5.74) is -2.59. The molecule has 0 unspecified atom stereocenters. The van der Waals surface area contributed by atoms with Gasteiger partial charge in [-0.2, -0.15) is 26.3 Å². The quantitative estimate of drug-likeness (QED) is 0.559. The molecule has 27 heavy (non-hydrogen) atoms. The van der Waals surface area contributed by atoms with E-state index < -0.39 is 29.2 Å². The van der Waals surface area contributed by atoms with E-state index in [1.165, 1.54) is 13.2 Å². The topological polar surface area (TPSA) is 44.2 Å². The first-order chi connectivity index (χ1) is 12.6. The number of alkyl halides is 6. The van der Waals surface area contributed by atoms with Crippen molar-refractivity contribution in [3.8, 4) is 17.4 Å². The predicted octanol–water partition coefficient (Wildman–Crippen LogP) is 5.47. The normalized spacial score (nSPS) is 12.3. The molecule has 1 aromatic heterocycles. The molecule has 0 saturated carbocycles. The van der Waals surface area contributed by atoms with Gasteiger partial charge >= 0.3 is 12.4 Å². The zero-order valence-corrected chi connectivity index (χ0v) is 13.5. The molecule has 0 radical (unpaired) electrons. The van der Waals surface area contributed by atoms with Crippen LogP contribution in [0.2, 0.25) is 0 Å². The number of ether oxygens (including phenoxy) is 2. The molecule has 0 atom stereocenters. The van der Waals surface area contributed by atoms with Gasteiger partial charge in [-0.3, -0.25) is 0 Å². The molecule has 0 aliphatic carbocycles. The number of nitrogens with zero attached hydrogens (tertiary/aromatic N) is 2. The van der Waals surface area contributed by atoms with Gasteiger partial charge in [0.25, 0.3) is 0 Å². The zero-order valence-electron chi connectivity index (χ0n) is 13.5. The maximum atomic E-state index is 13.0. The second-order valence-electron chi connectivity index (χ2n) is 5.41. The number of hydrogen-bond acceptors (Lipinski definition) is 4. The van der Waals surface area contributed by atoms with E-state index in [4.69, 9.17) is 9.47 Å². The van der Waals surface area contributed by atoms with Crippen LogP contribution in [0.4, 0.5) is 26.3 Å². The highest BCUT2D eigenvalue weighted by molar-refractivity contribution is 5.84. The summed E-state index contributed by atoms with van der Waals surface area (Å²) in [5.74, 6) is -0.464. The molecule has 3 aromatic rings. The highest BCUT2D eigenvalue weighted by Crippen LogP contribution is 2.39. The third-order valence-electron chi connectivity index (χ3n) is 3.58. The third kappa shape index (κ3) is 4.04. The number of hydrogen-bond donors (Lipinski definition) is 0. The fourth-order valence-corrected chi connectivity index (χ4v) is 2.32. The zero-order chi connectivity index (χ0) is 19.8. The standard InChI is InChI=1S/C17H10F6N2O2/c1-26-11-2-3-14-13(7-11)15(25-8-24-14)27-12-5-9(16(18,19)20)4-10(6-12)17(21,22)23/h2-8H,1H3. The molecule has 10 heteroatoms. The molecule has 0 N–H and O–H groups in total. The van der Waals surface area contributed by atoms with Gasteiger partial charge in [0.15, 0.2) is 0 Å². The molecular weight excluding hydrogens is 378 g/mol. The van der Waals surface area contributed by atoms with Gasteiger partial charge in [0.05, 0.1) is 29.1 Å². The number of halogens is 6. The van der Waals surface area contributed by atoms with Crippen LogP contribution in [0, 0.1) is 0 Å². The van der Waals surface area contributed by atoms with Crippen molar-refractivity contribution in [2.45, 2.75) is 12.4 Å². The molecule has 0 spiro atoms. The second-order valence-corrected chi connectivity index (χ2v) is 5.41. The molecule has 0 fully saturated rings. The lowest BCUT2D eigenvalue weighted by atomic mass is 10.1. The monoisotopic (exact) mass is 388 g/mol. The van der Waals surface area contributed by atoms with Crippen molar-refractivity contribution >= 4 is 10.9 Å². The maximum absolute atomic E-state index is 13.0. The van der Waals surface area contributed by atoms with E-state index >= 15 is 0 Å². The van der Waals surface area contributed by atoms with Crippen LogP contribution in [-0.2, 0) is 12.4 Å². The Bertz CT molecular complexity index is 953. The fraction of sp³-hybridized carbons (Fsp3) is 0.176. The van der Waals surface area contributed by atoms with Crippen molar-refractivity contribution in [3.63, 3.8) is 0 Å². The highest BCUT2D eigenvalue weighted by Gasteiger charge is 2.37. The van der Waals surface area contributed by atoms with Gasteiger partial charge in [-0.25, -0.2) is 9.97 Å². The SMILES string of the molecule is COc1ccc2ncnc(Oc3cc(C(F)(F)F)cc(C(F)(F)F)c3)c2c1. The van der Waals surface area contributed by atoms with E-state index in [2.05, 4.69) is 9.97 Å². The molecule has 0 amide bonds. The van der Waals surface area contributed by atoms with Crippen molar-refractivity contribution in [1.29, 1.82) is 0 Å². The minimum atomic E-state index is -4.98. The van der Waals surface area contributed by atoms with Crippen LogP contribution < -0.4 is 9.47 Å². The Kier molecular flexibility index (Phi) is 4.58. The van der Waals surface area contributed by atoms with Crippen molar-refractivity contribution in [1.82, 2.24) is 9.97 Å². The van der Waals surface area contributed by atoms with E-state index in [9.17, 15) is 26.3 Å². The lowest BCUT2D eigenvalue weighted by Gasteiger charge is -2.15. The Balaban J connectivity index is 2.11. The second kappa shape index (κ2) is 6.60. The van der Waals surface area contributed by atoms with Gasteiger partial charge in [-0.15, -0.1) is 0 Å². The first kappa shape index (κ1) is 18.7. The van der Waals surface area contributed by atoms with Crippen LogP contribution in [0.1, 0.15) is 11.1 Å². The van der Waals surface area contributed by atoms with E-state index in [0.717, 1.165) is 6.33 Å². The highest BCUT2D eigenvalue weighted by atomic mass is 19.4. The van der Waals surface area contributed by atoms with Gasteiger partial charge in [-0.05, 0) is 36.4 Å². The van der Waals surface area contributed by atoms with Crippen molar-refractivity contribution in [2.24, 2.45) is 0 Å². The number of benzene rings is 2. The largest absolute Gasteiger partial charge is 0.497 e. The molecule has 2 aromatic carbocycles. The Morgan fingerprint density at radius 2 is 1.41 bits per heavy atom. The number of methoxy groups -OCH3 is 1. The van der Waals surface area contributed by atoms with Gasteiger partial charge in [0.2, 0.25) is 5.88 Å². The number of aromatic nitrogens is 2. The van der Waals surface area contributed by atoms with Gasteiger partial charge in [0.1, 0.15) is 17.8 Å². The summed E-state index contributed by atoms with van der Waals surface area (Å²) in [7, 11) is 1.40. The number of fused-ring (bicyclic) bond motifs is 1. The fourth-order valence-electron chi connectivity index (χ4n) is 2.32. The van der Waals surface area contributed by atoms with Crippen LogP contribution in [0.25, 0.3) is 10.9 Å². The van der Waals surface area contributed by atoms with E-state index in [1.54, 1.807) is 12.1 Å². The minimum absolute atomic E-state index is 0.0218. The summed E-state index contributed by atoms with van der Waals surface area (Å²) < 4.78 is 88.1. The van der Waals surface area contributed by atoms with Crippen LogP contribution in [0.15, 0.2) is 42.7 Å². The molecule has 3 rings (SSSR count). The van der Waals surface area contributed by atoms with Crippen LogP contribution in [0.3, 0.4) is 0 Å². The molecule has 0 aliphatic heterocycles. The lowest BCUT2D eigenvalue weighted by molar-refractivity contribution is -0.143. The lowest BCUT2D eigenvalue weighted by Crippen LogP contribution is -2.11. The Labute approximate surface area is 148 Å². The third-order valence-corrected chi connectivity index (χ3v) is 3.58. The summed E-state index contributed by atoms with van der Waals surface area (Å²) >= 11 is 0. The Morgan fingerprint density at radius 1 is 0.778 bits per heavy atom.